The van der Waals surface area contributed by atoms with Gasteiger partial charge in [0.25, 0.3) is 0 Å². The molecule has 1 unspecified atom stereocenters. The predicted octanol–water partition coefficient (Wildman–Crippen LogP) is 4.12. The van der Waals surface area contributed by atoms with Crippen LogP contribution in [0.3, 0.4) is 0 Å². The maximum Gasteiger partial charge on any atom is 0.236 e. The Balaban J connectivity index is 2.38. The van der Waals surface area contributed by atoms with Gasteiger partial charge < -0.3 is 23.7 Å². The van der Waals surface area contributed by atoms with Gasteiger partial charge in [-0.3, -0.25) is 4.79 Å². The molecule has 0 saturated heterocycles. The van der Waals surface area contributed by atoms with Crippen molar-refractivity contribution in [1.29, 1.82) is 0 Å². The maximum absolute atomic E-state index is 13.1. The lowest BCUT2D eigenvalue weighted by Gasteiger charge is -2.32. The van der Waals surface area contributed by atoms with Crippen molar-refractivity contribution in [3.05, 3.63) is 18.2 Å². The van der Waals surface area contributed by atoms with E-state index in [0.29, 0.717) is 35.6 Å². The molecule has 2 rings (SSSR count). The van der Waals surface area contributed by atoms with Crippen LogP contribution in [0.5, 0.6) is 11.5 Å². The van der Waals surface area contributed by atoms with Crippen LogP contribution < -0.4 is 9.47 Å². The minimum atomic E-state index is -0.288. The van der Waals surface area contributed by atoms with Crippen LogP contribution in [0.2, 0.25) is 0 Å². The van der Waals surface area contributed by atoms with E-state index in [2.05, 4.69) is 10.2 Å². The number of nitrogens with zero attached hydrogens (tertiary/aromatic N) is 4. The molecule has 0 fully saturated rings. The van der Waals surface area contributed by atoms with Crippen molar-refractivity contribution in [2.45, 2.75) is 70.1 Å². The Morgan fingerprint density at radius 1 is 1.03 bits per heavy atom. The Kier molecular flexibility index (Phi) is 9.84. The van der Waals surface area contributed by atoms with Crippen molar-refractivity contribution in [2.24, 2.45) is 0 Å². The third-order valence-corrected chi connectivity index (χ3v) is 6.15. The first-order chi connectivity index (χ1) is 15.2. The zero-order chi connectivity index (χ0) is 23.8. The van der Waals surface area contributed by atoms with Gasteiger partial charge in [-0.15, -0.1) is 10.2 Å². The third-order valence-electron chi connectivity index (χ3n) is 5.09. The van der Waals surface area contributed by atoms with Gasteiger partial charge in [0.15, 0.2) is 22.5 Å². The van der Waals surface area contributed by atoms with E-state index in [4.69, 9.17) is 14.2 Å². The molecule has 32 heavy (non-hydrogen) atoms. The number of benzene rings is 1. The number of carbonyl (C=O) groups excluding carboxylic acids is 1. The normalized spacial score (nSPS) is 12.3. The molecule has 1 aromatic carbocycles. The average molecular weight is 465 g/mol. The summed E-state index contributed by atoms with van der Waals surface area (Å²) in [5.41, 5.74) is 0.865. The van der Waals surface area contributed by atoms with Crippen molar-refractivity contribution >= 4 is 17.7 Å². The highest BCUT2D eigenvalue weighted by Crippen LogP contribution is 2.34. The van der Waals surface area contributed by atoms with Gasteiger partial charge in [-0.2, -0.15) is 0 Å². The van der Waals surface area contributed by atoms with E-state index in [9.17, 15) is 4.79 Å². The van der Waals surface area contributed by atoms with E-state index in [-0.39, 0.29) is 23.2 Å². The molecule has 178 valence electrons. The van der Waals surface area contributed by atoms with Crippen molar-refractivity contribution in [2.75, 3.05) is 27.9 Å². The number of carbonyl (C=O) groups is 1. The number of rotatable bonds is 12. The fourth-order valence-corrected chi connectivity index (χ4v) is 4.59. The van der Waals surface area contributed by atoms with Crippen LogP contribution in [0.4, 0.5) is 0 Å². The summed E-state index contributed by atoms with van der Waals surface area (Å²) in [6, 6.07) is 5.93. The molecule has 1 aromatic heterocycles. The van der Waals surface area contributed by atoms with E-state index < -0.39 is 0 Å². The Morgan fingerprint density at radius 3 is 2.25 bits per heavy atom. The number of aromatic nitrogens is 3. The van der Waals surface area contributed by atoms with Crippen LogP contribution in [0.1, 0.15) is 41.0 Å². The van der Waals surface area contributed by atoms with Crippen LogP contribution in [0, 0.1) is 0 Å². The highest BCUT2D eigenvalue weighted by Gasteiger charge is 2.28. The molecule has 0 bridgehead atoms. The molecular weight excluding hydrogens is 428 g/mol. The van der Waals surface area contributed by atoms with Crippen molar-refractivity contribution in [3.63, 3.8) is 0 Å². The van der Waals surface area contributed by atoms with Crippen LogP contribution >= 0.6 is 11.8 Å². The van der Waals surface area contributed by atoms with E-state index in [1.54, 1.807) is 21.3 Å². The number of ether oxygens (including phenoxy) is 3. The van der Waals surface area contributed by atoms with Gasteiger partial charge in [-0.1, -0.05) is 11.8 Å². The summed E-state index contributed by atoms with van der Waals surface area (Å²) in [5.74, 6) is 2.09. The molecule has 8 nitrogen and oxygen atoms in total. The zero-order valence-corrected chi connectivity index (χ0v) is 21.2. The fourth-order valence-electron chi connectivity index (χ4n) is 3.66. The monoisotopic (exact) mass is 464 g/mol. The lowest BCUT2D eigenvalue weighted by atomic mass is 10.2. The van der Waals surface area contributed by atoms with Crippen molar-refractivity contribution in [3.8, 4) is 22.9 Å². The van der Waals surface area contributed by atoms with Gasteiger partial charge in [-0.25, -0.2) is 0 Å². The average Bonchev–Trinajstić information content (AvgIpc) is 3.15. The minimum Gasteiger partial charge on any atom is -0.493 e. The van der Waals surface area contributed by atoms with Gasteiger partial charge in [0.05, 0.1) is 19.5 Å². The lowest BCUT2D eigenvalue weighted by molar-refractivity contribution is -0.133. The Hall–Kier alpha value is -2.26. The van der Waals surface area contributed by atoms with Gasteiger partial charge in [0.2, 0.25) is 5.91 Å². The van der Waals surface area contributed by atoms with Crippen LogP contribution in [-0.2, 0) is 16.1 Å². The molecule has 0 saturated carbocycles. The van der Waals surface area contributed by atoms with Crippen LogP contribution in [-0.4, -0.2) is 70.8 Å². The smallest absolute Gasteiger partial charge is 0.236 e. The summed E-state index contributed by atoms with van der Waals surface area (Å²) < 4.78 is 18.1. The van der Waals surface area contributed by atoms with Crippen LogP contribution in [0.25, 0.3) is 11.4 Å². The first-order valence-corrected chi connectivity index (χ1v) is 11.8. The van der Waals surface area contributed by atoms with Crippen LogP contribution in [0.15, 0.2) is 23.4 Å². The zero-order valence-electron chi connectivity index (χ0n) is 20.4. The molecule has 1 atom stereocenters. The summed E-state index contributed by atoms with van der Waals surface area (Å²) in [6.45, 7) is 11.4. The largest absolute Gasteiger partial charge is 0.493 e. The molecule has 9 heteroatoms. The second-order valence-corrected chi connectivity index (χ2v) is 9.37. The first-order valence-electron chi connectivity index (χ1n) is 10.9. The summed E-state index contributed by atoms with van der Waals surface area (Å²) >= 11 is 1.43. The summed E-state index contributed by atoms with van der Waals surface area (Å²) in [5, 5.41) is 9.31. The molecule has 2 aromatic rings. The maximum atomic E-state index is 13.1. The van der Waals surface area contributed by atoms with Crippen molar-refractivity contribution < 1.29 is 19.0 Å². The lowest BCUT2D eigenvalue weighted by Crippen LogP contribution is -2.45. The number of hydrogen-bond donors (Lipinski definition) is 0. The fraction of sp³-hybridized carbons (Fsp3) is 0.609. The first kappa shape index (κ1) is 26.0. The molecule has 0 aliphatic heterocycles. The molecular formula is C23H36N4O4S. The molecule has 0 aliphatic rings. The van der Waals surface area contributed by atoms with Gasteiger partial charge in [0.1, 0.15) is 0 Å². The molecule has 1 heterocycles. The molecule has 0 N–H and O–H groups in total. The number of hydrogen-bond acceptors (Lipinski definition) is 7. The number of thioether (sulfide) groups is 1. The minimum absolute atomic E-state index is 0.0964. The number of amides is 1. The SMILES string of the molecule is COCCCn1c(SC(C)C(=O)N(C(C)C)C(C)C)nnc1-c1ccc(OC)c(OC)c1. The standard InChI is InChI=1S/C23H36N4O4S/c1-15(2)27(16(3)4)22(28)17(5)32-23-25-24-21(26(23)12-9-13-29-6)18-10-11-19(30-7)20(14-18)31-8/h10-11,14-17H,9,12-13H2,1-8H3. The summed E-state index contributed by atoms with van der Waals surface area (Å²) in [4.78, 5) is 15.0. The summed E-state index contributed by atoms with van der Waals surface area (Å²) in [7, 11) is 4.90. The molecule has 0 spiro atoms. The van der Waals surface area contributed by atoms with Gasteiger partial charge >= 0.3 is 0 Å². The Bertz CT molecular complexity index is 877. The molecule has 0 aliphatic carbocycles. The second-order valence-electron chi connectivity index (χ2n) is 8.07. The van der Waals surface area contributed by atoms with E-state index in [1.165, 1.54) is 11.8 Å². The predicted molar refractivity (Wildman–Crippen MR) is 127 cm³/mol. The second kappa shape index (κ2) is 12.1. The Morgan fingerprint density at radius 2 is 1.69 bits per heavy atom. The summed E-state index contributed by atoms with van der Waals surface area (Å²) in [6.07, 6.45) is 0.800. The van der Waals surface area contributed by atoms with Gasteiger partial charge in [-0.05, 0) is 59.2 Å². The quantitative estimate of drug-likeness (QED) is 0.345. The molecule has 1 amide bonds. The van der Waals surface area contributed by atoms with Crippen molar-refractivity contribution in [1.82, 2.24) is 19.7 Å². The van der Waals surface area contributed by atoms with E-state index in [1.807, 2.05) is 62.3 Å². The third kappa shape index (κ3) is 6.16. The van der Waals surface area contributed by atoms with E-state index >= 15 is 0 Å². The number of methoxy groups -OCH3 is 3. The van der Waals surface area contributed by atoms with E-state index in [0.717, 1.165) is 12.0 Å². The highest BCUT2D eigenvalue weighted by atomic mass is 32.2. The Labute approximate surface area is 195 Å². The topological polar surface area (TPSA) is 78.7 Å². The van der Waals surface area contributed by atoms with Gasteiger partial charge in [0, 0.05) is 37.9 Å². The highest BCUT2D eigenvalue weighted by molar-refractivity contribution is 8.00. The molecule has 0 radical (unpaired) electrons.